The zero-order valence-electron chi connectivity index (χ0n) is 16.0. The van der Waals surface area contributed by atoms with Crippen LogP contribution in [0.3, 0.4) is 0 Å². The summed E-state index contributed by atoms with van der Waals surface area (Å²) < 4.78 is 0. The van der Waals surface area contributed by atoms with Crippen LogP contribution in [0.5, 0.6) is 0 Å². The first kappa shape index (κ1) is 21.8. The van der Waals surface area contributed by atoms with Crippen LogP contribution >= 0.6 is 0 Å². The fraction of sp³-hybridized carbons (Fsp3) is 0. The van der Waals surface area contributed by atoms with Crippen molar-refractivity contribution in [3.05, 3.63) is 81.9 Å². The topological polar surface area (TPSA) is 197 Å². The van der Waals surface area contributed by atoms with Gasteiger partial charge in [0.05, 0.1) is 0 Å². The van der Waals surface area contributed by atoms with E-state index in [1.807, 2.05) is 0 Å². The van der Waals surface area contributed by atoms with E-state index in [2.05, 4.69) is 0 Å². The van der Waals surface area contributed by atoms with Gasteiger partial charge in [0.15, 0.2) is 0 Å². The first-order valence-corrected chi connectivity index (χ1v) is 8.87. The lowest BCUT2D eigenvalue weighted by molar-refractivity contribution is -0.133. The van der Waals surface area contributed by atoms with Crippen LogP contribution in [-0.4, -0.2) is 55.4 Å². The van der Waals surface area contributed by atoms with Crippen molar-refractivity contribution >= 4 is 46.4 Å². The van der Waals surface area contributed by atoms with Crippen molar-refractivity contribution in [1.82, 2.24) is 0 Å². The van der Waals surface area contributed by atoms with Gasteiger partial charge in [-0.3, -0.25) is 20.4 Å². The number of aliphatic hydroxyl groups excluding tert-OH is 2. The number of fused-ring (bicyclic) bond motifs is 2. The molecule has 0 saturated heterocycles. The number of hydrogen-bond acceptors (Lipinski definition) is 8. The van der Waals surface area contributed by atoms with Gasteiger partial charge >= 0.3 is 11.9 Å². The maximum absolute atomic E-state index is 11.6. The van der Waals surface area contributed by atoms with Gasteiger partial charge in [0, 0.05) is 22.3 Å². The molecular weight excluding hydrogens is 420 g/mol. The fourth-order valence-electron chi connectivity index (χ4n) is 3.19. The number of carboxylic acid groups (broad SMARTS) is 2. The Morgan fingerprint density at radius 2 is 0.875 bits per heavy atom. The van der Waals surface area contributed by atoms with E-state index in [4.69, 9.17) is 21.0 Å². The number of carbonyl (C=O) groups excluding carboxylic acids is 2. The molecule has 160 valence electrons. The molecule has 2 aliphatic rings. The molecular formula is C22H14N2O8. The lowest BCUT2D eigenvalue weighted by atomic mass is 9.88. The van der Waals surface area contributed by atoms with Gasteiger partial charge < -0.3 is 20.4 Å². The summed E-state index contributed by atoms with van der Waals surface area (Å²) in [5.74, 6) is -5.41. The highest BCUT2D eigenvalue weighted by Crippen LogP contribution is 2.28. The Morgan fingerprint density at radius 1 is 0.594 bits per heavy atom. The standard InChI is InChI=1S/2C11H7NO4/c2*12-8-7(11(15)16)9(13)5-3-1-2-4-6(5)10(8)14/h2*1-4,12-13H,(H,15,16). The molecule has 0 unspecified atom stereocenters. The van der Waals surface area contributed by atoms with Crippen molar-refractivity contribution < 1.29 is 39.6 Å². The number of carboxylic acids is 2. The number of nitrogens with one attached hydrogen (secondary N) is 2. The quantitative estimate of drug-likeness (QED) is 0.414. The maximum Gasteiger partial charge on any atom is 0.341 e. The van der Waals surface area contributed by atoms with E-state index in [9.17, 15) is 29.4 Å². The first-order valence-electron chi connectivity index (χ1n) is 8.87. The van der Waals surface area contributed by atoms with Crippen LogP contribution in [-0.2, 0) is 9.59 Å². The molecule has 0 amide bonds. The molecule has 2 aromatic carbocycles. The monoisotopic (exact) mass is 434 g/mol. The van der Waals surface area contributed by atoms with Crippen molar-refractivity contribution in [3.63, 3.8) is 0 Å². The van der Waals surface area contributed by atoms with Gasteiger partial charge in [0.2, 0.25) is 11.6 Å². The van der Waals surface area contributed by atoms with E-state index in [0.717, 1.165) is 0 Å². The van der Waals surface area contributed by atoms with Gasteiger partial charge in [-0.1, -0.05) is 48.5 Å². The van der Waals surface area contributed by atoms with Gasteiger partial charge in [-0.05, 0) is 0 Å². The van der Waals surface area contributed by atoms with Crippen LogP contribution in [0.4, 0.5) is 0 Å². The summed E-state index contributed by atoms with van der Waals surface area (Å²) >= 11 is 0. The second-order valence-electron chi connectivity index (χ2n) is 6.56. The minimum absolute atomic E-state index is 0.148. The van der Waals surface area contributed by atoms with Gasteiger partial charge in [-0.15, -0.1) is 0 Å². The number of hydrogen-bond donors (Lipinski definition) is 6. The first-order chi connectivity index (χ1) is 15.1. The molecule has 2 aliphatic carbocycles. The summed E-state index contributed by atoms with van der Waals surface area (Å²) in [5.41, 5.74) is -2.08. The number of Topliss-reactive ketones (excluding diaryl/α,β-unsaturated/α-hetero) is 2. The second kappa shape index (κ2) is 8.11. The summed E-state index contributed by atoms with van der Waals surface area (Å²) in [7, 11) is 0. The van der Waals surface area contributed by atoms with Crippen LogP contribution in [0.2, 0.25) is 0 Å². The van der Waals surface area contributed by atoms with Crippen molar-refractivity contribution in [2.75, 3.05) is 0 Å². The highest BCUT2D eigenvalue weighted by Gasteiger charge is 2.34. The number of carbonyl (C=O) groups is 4. The predicted octanol–water partition coefficient (Wildman–Crippen LogP) is 2.51. The molecule has 0 bridgehead atoms. The Balaban J connectivity index is 0.000000181. The Hall–Kier alpha value is -4.86. The van der Waals surface area contributed by atoms with Crippen molar-refractivity contribution in [2.24, 2.45) is 0 Å². The Bertz CT molecular complexity index is 1220. The third-order valence-electron chi connectivity index (χ3n) is 4.71. The van der Waals surface area contributed by atoms with E-state index in [-0.39, 0.29) is 22.3 Å². The largest absolute Gasteiger partial charge is 0.506 e. The zero-order chi connectivity index (χ0) is 23.7. The highest BCUT2D eigenvalue weighted by molar-refractivity contribution is 6.58. The van der Waals surface area contributed by atoms with Crippen LogP contribution in [0, 0.1) is 10.8 Å². The second-order valence-corrected chi connectivity index (χ2v) is 6.56. The summed E-state index contributed by atoms with van der Waals surface area (Å²) in [4.78, 5) is 44.9. The number of aliphatic hydroxyl groups is 2. The number of ketones is 2. The molecule has 4 rings (SSSR count). The predicted molar refractivity (Wildman–Crippen MR) is 111 cm³/mol. The Labute approximate surface area is 179 Å². The molecule has 0 radical (unpaired) electrons. The summed E-state index contributed by atoms with van der Waals surface area (Å²) in [6.07, 6.45) is 0. The van der Waals surface area contributed by atoms with Crippen LogP contribution < -0.4 is 0 Å². The average molecular weight is 434 g/mol. The lowest BCUT2D eigenvalue weighted by Gasteiger charge is -2.16. The molecule has 0 heterocycles. The Kier molecular flexibility index (Phi) is 5.53. The molecule has 32 heavy (non-hydrogen) atoms. The molecule has 10 nitrogen and oxygen atoms in total. The molecule has 0 atom stereocenters. The van der Waals surface area contributed by atoms with Crippen molar-refractivity contribution in [2.45, 2.75) is 0 Å². The van der Waals surface area contributed by atoms with Crippen LogP contribution in [0.15, 0.2) is 59.7 Å². The van der Waals surface area contributed by atoms with Gasteiger partial charge in [-0.25, -0.2) is 9.59 Å². The van der Waals surface area contributed by atoms with Crippen LogP contribution in [0.1, 0.15) is 31.8 Å². The third kappa shape index (κ3) is 3.45. The number of benzene rings is 2. The molecule has 0 aliphatic heterocycles. The van der Waals surface area contributed by atoms with Gasteiger partial charge in [0.25, 0.3) is 0 Å². The van der Waals surface area contributed by atoms with E-state index in [1.165, 1.54) is 24.3 Å². The van der Waals surface area contributed by atoms with Crippen LogP contribution in [0.25, 0.3) is 11.5 Å². The molecule has 0 aromatic heterocycles. The maximum atomic E-state index is 11.6. The van der Waals surface area contributed by atoms with E-state index in [1.54, 1.807) is 24.3 Å². The number of rotatable bonds is 2. The normalized spacial score (nSPS) is 15.0. The third-order valence-corrected chi connectivity index (χ3v) is 4.71. The SMILES string of the molecule is N=C1C(=O)c2ccccc2C(O)=C1C(=O)O.N=C1C(=O)c2ccccc2C(O)=C1C(=O)O. The molecule has 0 fully saturated rings. The van der Waals surface area contributed by atoms with Gasteiger partial charge in [-0.2, -0.15) is 0 Å². The Morgan fingerprint density at radius 3 is 1.16 bits per heavy atom. The average Bonchev–Trinajstić information content (AvgIpc) is 2.76. The van der Waals surface area contributed by atoms with Crippen molar-refractivity contribution in [1.29, 1.82) is 10.8 Å². The molecule has 6 N–H and O–H groups in total. The molecule has 2 aromatic rings. The lowest BCUT2D eigenvalue weighted by Crippen LogP contribution is -2.27. The smallest absolute Gasteiger partial charge is 0.341 e. The molecule has 0 spiro atoms. The van der Waals surface area contributed by atoms with E-state index >= 15 is 0 Å². The summed E-state index contributed by atoms with van der Waals surface area (Å²) in [6, 6.07) is 12.1. The van der Waals surface area contributed by atoms with E-state index in [0.29, 0.717) is 0 Å². The minimum atomic E-state index is -1.48. The minimum Gasteiger partial charge on any atom is -0.506 e. The van der Waals surface area contributed by atoms with E-state index < -0.39 is 57.6 Å². The number of aliphatic carboxylic acids is 2. The summed E-state index contributed by atoms with van der Waals surface area (Å²) in [5, 5.41) is 51.8. The zero-order valence-corrected chi connectivity index (χ0v) is 16.0. The molecule has 10 heteroatoms. The molecule has 0 saturated carbocycles. The summed E-state index contributed by atoms with van der Waals surface area (Å²) in [6.45, 7) is 0. The van der Waals surface area contributed by atoms with Crippen molar-refractivity contribution in [3.8, 4) is 0 Å². The fourth-order valence-corrected chi connectivity index (χ4v) is 3.19. The highest BCUT2D eigenvalue weighted by atomic mass is 16.4. The van der Waals surface area contributed by atoms with Gasteiger partial charge in [0.1, 0.15) is 34.1 Å².